The van der Waals surface area contributed by atoms with E-state index < -0.39 is 5.97 Å². The van der Waals surface area contributed by atoms with Crippen LogP contribution in [0.2, 0.25) is 0 Å². The van der Waals surface area contributed by atoms with Crippen LogP contribution >= 0.6 is 0 Å². The van der Waals surface area contributed by atoms with Crippen LogP contribution in [0, 0.1) is 0 Å². The number of carboxylic acid groups (broad SMARTS) is 1. The molecule has 2 nitrogen and oxygen atoms in total. The summed E-state index contributed by atoms with van der Waals surface area (Å²) in [4.78, 5) is 9.60. The summed E-state index contributed by atoms with van der Waals surface area (Å²) in [6.07, 6.45) is 5.47. The molecule has 0 aliphatic rings. The highest BCUT2D eigenvalue weighted by molar-refractivity contribution is 5.84. The number of hydrogen-bond acceptors (Lipinski definition) is 1. The third-order valence-electron chi connectivity index (χ3n) is 2.18. The van der Waals surface area contributed by atoms with Crippen molar-refractivity contribution in [3.05, 3.63) is 66.8 Å². The molecule has 0 saturated heterocycles. The van der Waals surface area contributed by atoms with Crippen molar-refractivity contribution in [2.75, 3.05) is 0 Å². The summed E-state index contributed by atoms with van der Waals surface area (Å²) in [5, 5.41) is 7.89. The molecular weight excluding hydrogens is 224 g/mol. The van der Waals surface area contributed by atoms with Gasteiger partial charge in [-0.15, -0.1) is 0 Å². The standard InChI is InChI=1S/C12H12.C4H6O2/c1-4-10-8-7-9-11(5-2)12(10)6-3;1-3(2)4(5)6/h4-9H,1-3H2;1H2,2H3,(H,5,6). The zero-order valence-electron chi connectivity index (χ0n) is 10.6. The number of rotatable bonds is 4. The Labute approximate surface area is 108 Å². The van der Waals surface area contributed by atoms with Crippen LogP contribution in [0.25, 0.3) is 18.2 Å². The smallest absolute Gasteiger partial charge is 0.330 e. The van der Waals surface area contributed by atoms with Gasteiger partial charge in [0.25, 0.3) is 0 Å². The normalized spacial score (nSPS) is 8.50. The lowest BCUT2D eigenvalue weighted by Gasteiger charge is -2.03. The van der Waals surface area contributed by atoms with Crippen molar-refractivity contribution < 1.29 is 9.90 Å². The molecule has 1 N–H and O–H groups in total. The maximum absolute atomic E-state index is 9.60. The highest BCUT2D eigenvalue weighted by Gasteiger charge is 1.97. The molecule has 0 aromatic heterocycles. The van der Waals surface area contributed by atoms with Gasteiger partial charge in [-0.25, -0.2) is 4.79 Å². The predicted octanol–water partition coefficient (Wildman–Crippen LogP) is 4.26. The van der Waals surface area contributed by atoms with Crippen LogP contribution in [-0.4, -0.2) is 11.1 Å². The van der Waals surface area contributed by atoms with Gasteiger partial charge in [-0.3, -0.25) is 0 Å². The Kier molecular flexibility index (Phi) is 6.82. The van der Waals surface area contributed by atoms with E-state index in [2.05, 4.69) is 26.3 Å². The van der Waals surface area contributed by atoms with Gasteiger partial charge in [0.15, 0.2) is 0 Å². The minimum Gasteiger partial charge on any atom is -0.478 e. The van der Waals surface area contributed by atoms with Crippen LogP contribution in [0.1, 0.15) is 23.6 Å². The molecule has 0 aliphatic carbocycles. The van der Waals surface area contributed by atoms with E-state index in [1.165, 1.54) is 6.92 Å². The van der Waals surface area contributed by atoms with Crippen molar-refractivity contribution in [3.63, 3.8) is 0 Å². The summed E-state index contributed by atoms with van der Waals surface area (Å²) in [6.45, 7) is 15.8. The van der Waals surface area contributed by atoms with E-state index in [-0.39, 0.29) is 5.57 Å². The zero-order valence-corrected chi connectivity index (χ0v) is 10.6. The van der Waals surface area contributed by atoms with E-state index >= 15 is 0 Å². The molecule has 94 valence electrons. The van der Waals surface area contributed by atoms with Crippen molar-refractivity contribution in [2.45, 2.75) is 6.92 Å². The lowest BCUT2D eigenvalue weighted by atomic mass is 10.0. The minimum absolute atomic E-state index is 0.176. The first-order chi connectivity index (χ1) is 8.47. The Morgan fingerprint density at radius 1 is 1.11 bits per heavy atom. The fourth-order valence-corrected chi connectivity index (χ4v) is 1.19. The summed E-state index contributed by atoms with van der Waals surface area (Å²) in [5.74, 6) is -0.935. The molecule has 1 rings (SSSR count). The van der Waals surface area contributed by atoms with Gasteiger partial charge in [-0.05, 0) is 23.6 Å². The van der Waals surface area contributed by atoms with E-state index in [9.17, 15) is 4.79 Å². The van der Waals surface area contributed by atoms with Crippen LogP contribution in [0.15, 0.2) is 50.1 Å². The molecule has 0 atom stereocenters. The molecule has 0 amide bonds. The van der Waals surface area contributed by atoms with Crippen molar-refractivity contribution in [1.29, 1.82) is 0 Å². The maximum Gasteiger partial charge on any atom is 0.330 e. The first kappa shape index (κ1) is 15.7. The summed E-state index contributed by atoms with van der Waals surface area (Å²) < 4.78 is 0. The Morgan fingerprint density at radius 2 is 1.50 bits per heavy atom. The van der Waals surface area contributed by atoms with Crippen LogP contribution in [0.4, 0.5) is 0 Å². The second-order valence-corrected chi connectivity index (χ2v) is 3.55. The number of carboxylic acids is 1. The van der Waals surface area contributed by atoms with E-state index in [1.807, 2.05) is 36.4 Å². The second-order valence-electron chi connectivity index (χ2n) is 3.55. The highest BCUT2D eigenvalue weighted by atomic mass is 16.4. The van der Waals surface area contributed by atoms with E-state index in [0.717, 1.165) is 16.7 Å². The molecule has 0 saturated carbocycles. The highest BCUT2D eigenvalue weighted by Crippen LogP contribution is 2.17. The van der Waals surface area contributed by atoms with Gasteiger partial charge in [0.2, 0.25) is 0 Å². The molecule has 0 unspecified atom stereocenters. The summed E-state index contributed by atoms with van der Waals surface area (Å²) in [5.41, 5.74) is 3.47. The summed E-state index contributed by atoms with van der Waals surface area (Å²) in [6, 6.07) is 6.01. The van der Waals surface area contributed by atoms with Crippen molar-refractivity contribution in [2.24, 2.45) is 0 Å². The predicted molar refractivity (Wildman–Crippen MR) is 79.2 cm³/mol. The van der Waals surface area contributed by atoms with Crippen molar-refractivity contribution in [3.8, 4) is 0 Å². The van der Waals surface area contributed by atoms with E-state index in [0.29, 0.717) is 0 Å². The van der Waals surface area contributed by atoms with E-state index in [4.69, 9.17) is 5.11 Å². The van der Waals surface area contributed by atoms with Crippen LogP contribution in [0.3, 0.4) is 0 Å². The van der Waals surface area contributed by atoms with Gasteiger partial charge in [0.1, 0.15) is 0 Å². The first-order valence-corrected chi connectivity index (χ1v) is 5.37. The van der Waals surface area contributed by atoms with Crippen LogP contribution in [-0.2, 0) is 4.79 Å². The lowest BCUT2D eigenvalue weighted by molar-refractivity contribution is -0.132. The third-order valence-corrected chi connectivity index (χ3v) is 2.18. The molecule has 2 heteroatoms. The number of carbonyl (C=O) groups is 1. The monoisotopic (exact) mass is 242 g/mol. The SMILES string of the molecule is C=C(C)C(=O)O.C=Cc1cccc(C=C)c1C=C. The van der Waals surface area contributed by atoms with Crippen molar-refractivity contribution >= 4 is 24.2 Å². The van der Waals surface area contributed by atoms with Gasteiger partial charge in [-0.1, -0.05) is 62.7 Å². The van der Waals surface area contributed by atoms with E-state index in [1.54, 1.807) is 0 Å². The topological polar surface area (TPSA) is 37.3 Å². The number of aliphatic carboxylic acids is 1. The van der Waals surface area contributed by atoms with Gasteiger partial charge in [0.05, 0.1) is 0 Å². The first-order valence-electron chi connectivity index (χ1n) is 5.37. The Balaban J connectivity index is 0.000000411. The van der Waals surface area contributed by atoms with Gasteiger partial charge in [0, 0.05) is 5.57 Å². The summed E-state index contributed by atoms with van der Waals surface area (Å²) >= 11 is 0. The molecule has 0 fully saturated rings. The van der Waals surface area contributed by atoms with Crippen LogP contribution in [0.5, 0.6) is 0 Å². The fraction of sp³-hybridized carbons (Fsp3) is 0.0625. The summed E-state index contributed by atoms with van der Waals surface area (Å²) in [7, 11) is 0. The molecule has 18 heavy (non-hydrogen) atoms. The molecule has 1 aromatic rings. The number of benzene rings is 1. The molecule has 0 bridgehead atoms. The van der Waals surface area contributed by atoms with Gasteiger partial charge < -0.3 is 5.11 Å². The molecule has 0 aliphatic heterocycles. The largest absolute Gasteiger partial charge is 0.478 e. The third kappa shape index (κ3) is 4.66. The van der Waals surface area contributed by atoms with Crippen molar-refractivity contribution in [1.82, 2.24) is 0 Å². The molecule has 0 spiro atoms. The minimum atomic E-state index is -0.935. The average Bonchev–Trinajstić information content (AvgIpc) is 2.37. The molecule has 0 heterocycles. The average molecular weight is 242 g/mol. The quantitative estimate of drug-likeness (QED) is 0.801. The lowest BCUT2D eigenvalue weighted by Crippen LogP contribution is -1.92. The van der Waals surface area contributed by atoms with Crippen LogP contribution < -0.4 is 0 Å². The zero-order chi connectivity index (χ0) is 14.1. The Morgan fingerprint density at radius 3 is 1.72 bits per heavy atom. The second kappa shape index (κ2) is 7.85. The molecule has 1 aromatic carbocycles. The van der Waals surface area contributed by atoms with Gasteiger partial charge in [-0.2, -0.15) is 0 Å². The van der Waals surface area contributed by atoms with Gasteiger partial charge >= 0.3 is 5.97 Å². The molecular formula is C16H18O2. The Bertz CT molecular complexity index is 444. The number of hydrogen-bond donors (Lipinski definition) is 1. The maximum atomic E-state index is 9.60. The molecule has 0 radical (unpaired) electrons. The fourth-order valence-electron chi connectivity index (χ4n) is 1.19. The Hall–Kier alpha value is -2.35.